The highest BCUT2D eigenvalue weighted by Crippen LogP contribution is 2.17. The van der Waals surface area contributed by atoms with Crippen LogP contribution in [-0.4, -0.2) is 29.1 Å². The van der Waals surface area contributed by atoms with Gasteiger partial charge in [-0.1, -0.05) is 0 Å². The van der Waals surface area contributed by atoms with Crippen LogP contribution < -0.4 is 10.6 Å². The monoisotopic (exact) mass is 253 g/mol. The summed E-state index contributed by atoms with van der Waals surface area (Å²) in [5.74, 6) is 0. The number of nitrogen functional groups attached to an aromatic ring is 1. The predicted octanol–water partition coefficient (Wildman–Crippen LogP) is 2.07. The fourth-order valence-electron chi connectivity index (χ4n) is 1.93. The Hall–Kier alpha value is -2.56. The summed E-state index contributed by atoms with van der Waals surface area (Å²) in [6, 6.07) is 13.6. The molecule has 0 amide bonds. The average molecular weight is 253 g/mol. The lowest BCUT2D eigenvalue weighted by atomic mass is 10.3. The van der Waals surface area contributed by atoms with Gasteiger partial charge in [0.2, 0.25) is 0 Å². The van der Waals surface area contributed by atoms with Crippen LogP contribution in [0.5, 0.6) is 0 Å². The number of rotatable bonds is 2. The lowest BCUT2D eigenvalue weighted by Crippen LogP contribution is -2.08. The van der Waals surface area contributed by atoms with Crippen molar-refractivity contribution in [1.82, 2.24) is 15.0 Å². The molecule has 0 aliphatic carbocycles. The van der Waals surface area contributed by atoms with Gasteiger partial charge >= 0.3 is 0 Å². The first kappa shape index (κ1) is 11.5. The molecule has 5 heteroatoms. The summed E-state index contributed by atoms with van der Waals surface area (Å²) < 4.78 is 0. The number of fused-ring (bicyclic) bond motifs is 1. The van der Waals surface area contributed by atoms with E-state index in [-0.39, 0.29) is 0 Å². The van der Waals surface area contributed by atoms with Crippen LogP contribution in [0.25, 0.3) is 16.7 Å². The van der Waals surface area contributed by atoms with Gasteiger partial charge in [0.25, 0.3) is 0 Å². The van der Waals surface area contributed by atoms with Crippen molar-refractivity contribution in [2.45, 2.75) is 0 Å². The molecule has 96 valence electrons. The molecular weight excluding hydrogens is 238 g/mol. The Kier molecular flexibility index (Phi) is 2.59. The third-order valence-electron chi connectivity index (χ3n) is 3.00. The lowest BCUT2D eigenvalue weighted by molar-refractivity contribution is 0.765. The number of nitrogens with zero attached hydrogens (tertiary/aromatic N) is 4. The molecular formula is C14H15N5. The number of hydrogen-bond acceptors (Lipinski definition) is 4. The summed E-state index contributed by atoms with van der Waals surface area (Å²) in [5.41, 5.74) is 10.2. The van der Waals surface area contributed by atoms with Crippen LogP contribution in [0.15, 0.2) is 42.5 Å². The van der Waals surface area contributed by atoms with Crippen molar-refractivity contribution in [2.24, 2.45) is 0 Å². The van der Waals surface area contributed by atoms with Crippen LogP contribution >= 0.6 is 0 Å². The number of anilines is 2. The molecule has 2 N–H and O–H groups in total. The van der Waals surface area contributed by atoms with Crippen LogP contribution in [0.3, 0.4) is 0 Å². The van der Waals surface area contributed by atoms with Gasteiger partial charge in [0.05, 0.1) is 5.69 Å². The zero-order chi connectivity index (χ0) is 13.4. The smallest absolute Gasteiger partial charge is 0.115 e. The highest BCUT2D eigenvalue weighted by atomic mass is 15.5. The van der Waals surface area contributed by atoms with Gasteiger partial charge in [0.1, 0.15) is 11.0 Å². The van der Waals surface area contributed by atoms with Crippen molar-refractivity contribution in [3.63, 3.8) is 0 Å². The summed E-state index contributed by atoms with van der Waals surface area (Å²) in [5, 5.41) is 8.87. The molecule has 5 nitrogen and oxygen atoms in total. The molecule has 0 atom stereocenters. The predicted molar refractivity (Wildman–Crippen MR) is 77.6 cm³/mol. The molecule has 0 unspecified atom stereocenters. The first-order valence-corrected chi connectivity index (χ1v) is 6.04. The van der Waals surface area contributed by atoms with E-state index in [1.165, 1.54) is 0 Å². The van der Waals surface area contributed by atoms with Crippen molar-refractivity contribution in [3.05, 3.63) is 42.5 Å². The minimum absolute atomic E-state index is 0.697. The fourth-order valence-corrected chi connectivity index (χ4v) is 1.93. The van der Waals surface area contributed by atoms with E-state index in [0.717, 1.165) is 22.4 Å². The summed E-state index contributed by atoms with van der Waals surface area (Å²) >= 11 is 0. The van der Waals surface area contributed by atoms with Crippen molar-refractivity contribution in [1.29, 1.82) is 0 Å². The van der Waals surface area contributed by atoms with E-state index >= 15 is 0 Å². The van der Waals surface area contributed by atoms with Crippen LogP contribution in [0, 0.1) is 0 Å². The molecule has 1 aromatic heterocycles. The van der Waals surface area contributed by atoms with Gasteiger partial charge in [0, 0.05) is 25.5 Å². The van der Waals surface area contributed by atoms with E-state index in [0.29, 0.717) is 5.69 Å². The molecule has 1 heterocycles. The minimum Gasteiger partial charge on any atom is -0.399 e. The Balaban J connectivity index is 2.03. The van der Waals surface area contributed by atoms with Gasteiger partial charge in [-0.15, -0.1) is 10.2 Å². The topological polar surface area (TPSA) is 60.0 Å². The average Bonchev–Trinajstić information content (AvgIpc) is 2.81. The van der Waals surface area contributed by atoms with Crippen LogP contribution in [0.4, 0.5) is 11.4 Å². The van der Waals surface area contributed by atoms with E-state index < -0.39 is 0 Å². The van der Waals surface area contributed by atoms with Crippen molar-refractivity contribution in [3.8, 4) is 5.69 Å². The highest BCUT2D eigenvalue weighted by molar-refractivity contribution is 5.77. The van der Waals surface area contributed by atoms with Gasteiger partial charge in [-0.25, -0.2) is 0 Å². The SMILES string of the molecule is CN(C)c1ccc(-n2nc3ccc(N)cc3n2)cc1. The molecule has 0 saturated carbocycles. The number of aromatic nitrogens is 3. The van der Waals surface area contributed by atoms with E-state index in [4.69, 9.17) is 5.73 Å². The molecule has 0 aliphatic heterocycles. The molecule has 3 aromatic rings. The Bertz CT molecular complexity index is 712. The quantitative estimate of drug-likeness (QED) is 0.710. The summed E-state index contributed by atoms with van der Waals surface area (Å²) in [6.07, 6.45) is 0. The van der Waals surface area contributed by atoms with Crippen LogP contribution in [-0.2, 0) is 0 Å². The van der Waals surface area contributed by atoms with E-state index in [1.807, 2.05) is 56.6 Å². The molecule has 2 aromatic carbocycles. The molecule has 19 heavy (non-hydrogen) atoms. The maximum absolute atomic E-state index is 5.74. The van der Waals surface area contributed by atoms with E-state index in [1.54, 1.807) is 4.80 Å². The zero-order valence-corrected chi connectivity index (χ0v) is 10.9. The third-order valence-corrected chi connectivity index (χ3v) is 3.00. The van der Waals surface area contributed by atoms with Crippen molar-refractivity contribution < 1.29 is 0 Å². The van der Waals surface area contributed by atoms with Crippen LogP contribution in [0.2, 0.25) is 0 Å². The van der Waals surface area contributed by atoms with Crippen molar-refractivity contribution in [2.75, 3.05) is 24.7 Å². The second kappa shape index (κ2) is 4.28. The Morgan fingerprint density at radius 2 is 1.63 bits per heavy atom. The van der Waals surface area contributed by atoms with Crippen molar-refractivity contribution >= 4 is 22.4 Å². The maximum Gasteiger partial charge on any atom is 0.115 e. The van der Waals surface area contributed by atoms with Gasteiger partial charge in [-0.3, -0.25) is 0 Å². The molecule has 0 fully saturated rings. The fraction of sp³-hybridized carbons (Fsp3) is 0.143. The minimum atomic E-state index is 0.697. The third kappa shape index (κ3) is 2.10. The van der Waals surface area contributed by atoms with E-state index in [9.17, 15) is 0 Å². The van der Waals surface area contributed by atoms with Crippen LogP contribution in [0.1, 0.15) is 0 Å². The number of hydrogen-bond donors (Lipinski definition) is 1. The zero-order valence-electron chi connectivity index (χ0n) is 10.9. The largest absolute Gasteiger partial charge is 0.399 e. The first-order chi connectivity index (χ1) is 9.13. The second-order valence-electron chi connectivity index (χ2n) is 4.65. The standard InChI is InChI=1S/C14H15N5/c1-18(2)11-4-6-12(7-5-11)19-16-13-8-3-10(15)9-14(13)17-19/h3-9H,15H2,1-2H3. The first-order valence-electron chi connectivity index (χ1n) is 6.04. The summed E-state index contributed by atoms with van der Waals surface area (Å²) in [6.45, 7) is 0. The molecule has 0 radical (unpaired) electrons. The normalized spacial score (nSPS) is 10.8. The van der Waals surface area contributed by atoms with Gasteiger partial charge in [0.15, 0.2) is 0 Å². The molecule has 0 saturated heterocycles. The summed E-state index contributed by atoms with van der Waals surface area (Å²) in [7, 11) is 4.02. The number of benzene rings is 2. The lowest BCUT2D eigenvalue weighted by Gasteiger charge is -2.12. The molecule has 0 aliphatic rings. The van der Waals surface area contributed by atoms with Gasteiger partial charge < -0.3 is 10.6 Å². The second-order valence-corrected chi connectivity index (χ2v) is 4.65. The maximum atomic E-state index is 5.74. The van der Waals surface area contributed by atoms with Gasteiger partial charge in [-0.2, -0.15) is 4.80 Å². The molecule has 3 rings (SSSR count). The Morgan fingerprint density at radius 1 is 0.947 bits per heavy atom. The number of nitrogens with two attached hydrogens (primary N) is 1. The van der Waals surface area contributed by atoms with E-state index in [2.05, 4.69) is 15.1 Å². The molecule has 0 spiro atoms. The van der Waals surface area contributed by atoms with Gasteiger partial charge in [-0.05, 0) is 42.5 Å². The summed E-state index contributed by atoms with van der Waals surface area (Å²) in [4.78, 5) is 3.68. The Labute approximate surface area is 111 Å². The Morgan fingerprint density at radius 3 is 2.32 bits per heavy atom. The molecule has 0 bridgehead atoms. The highest BCUT2D eigenvalue weighted by Gasteiger charge is 2.05.